The van der Waals surface area contributed by atoms with E-state index in [0.29, 0.717) is 17.4 Å². The smallest absolute Gasteiger partial charge is 0.177 e. The summed E-state index contributed by atoms with van der Waals surface area (Å²) in [7, 11) is 0. The van der Waals surface area contributed by atoms with Crippen LogP contribution in [0.25, 0.3) is 5.70 Å². The first-order chi connectivity index (χ1) is 10.7. The molecule has 2 heterocycles. The molecule has 4 rings (SSSR count). The van der Waals surface area contributed by atoms with E-state index < -0.39 is 0 Å². The van der Waals surface area contributed by atoms with E-state index >= 15 is 0 Å². The van der Waals surface area contributed by atoms with Crippen LogP contribution in [-0.4, -0.2) is 28.8 Å². The molecule has 0 unspecified atom stereocenters. The third-order valence-corrected chi connectivity index (χ3v) is 5.45. The number of pyridine rings is 1. The summed E-state index contributed by atoms with van der Waals surface area (Å²) >= 11 is 0. The van der Waals surface area contributed by atoms with Crippen molar-refractivity contribution in [3.8, 4) is 12.3 Å². The Labute approximate surface area is 131 Å². The minimum absolute atomic E-state index is 0.0580. The van der Waals surface area contributed by atoms with Gasteiger partial charge in [0.1, 0.15) is 0 Å². The fraction of sp³-hybridized carbons (Fsp3) is 0.474. The molecule has 3 nitrogen and oxygen atoms in total. The molecule has 0 radical (unpaired) electrons. The number of terminal acetylenes is 1. The largest absolute Gasteiger partial charge is 0.369 e. The number of likely N-dealkylation sites (tertiary alicyclic amines) is 1. The summed E-state index contributed by atoms with van der Waals surface area (Å²) in [6.45, 7) is 2.09. The van der Waals surface area contributed by atoms with Crippen molar-refractivity contribution in [1.29, 1.82) is 0 Å². The molecular weight excluding hydrogens is 272 g/mol. The summed E-state index contributed by atoms with van der Waals surface area (Å²) in [5.74, 6) is 2.71. The van der Waals surface area contributed by atoms with Gasteiger partial charge in [0.2, 0.25) is 0 Å². The molecule has 0 atom stereocenters. The molecule has 1 aromatic rings. The van der Waals surface area contributed by atoms with Crippen LogP contribution in [0.2, 0.25) is 0 Å². The molecule has 2 aliphatic carbocycles. The quantitative estimate of drug-likeness (QED) is 0.746. The number of hydrogen-bond acceptors (Lipinski definition) is 3. The van der Waals surface area contributed by atoms with Crippen molar-refractivity contribution in [1.82, 2.24) is 9.88 Å². The minimum Gasteiger partial charge on any atom is -0.369 e. The number of fused-ring (bicyclic) bond motifs is 1. The molecule has 3 aliphatic rings. The van der Waals surface area contributed by atoms with E-state index in [-0.39, 0.29) is 5.78 Å². The minimum atomic E-state index is 0.0580. The average Bonchev–Trinajstić information content (AvgIpc) is 2.52. The number of hydrogen-bond donors (Lipinski definition) is 0. The fourth-order valence-electron chi connectivity index (χ4n) is 4.34. The second-order valence-electron chi connectivity index (χ2n) is 6.92. The van der Waals surface area contributed by atoms with Crippen LogP contribution in [0, 0.1) is 17.8 Å². The Morgan fingerprint density at radius 2 is 2.00 bits per heavy atom. The van der Waals surface area contributed by atoms with Crippen molar-refractivity contribution >= 4 is 11.5 Å². The van der Waals surface area contributed by atoms with Crippen molar-refractivity contribution in [3.05, 3.63) is 35.2 Å². The highest BCUT2D eigenvalue weighted by Gasteiger charge is 2.45. The lowest BCUT2D eigenvalue weighted by Gasteiger charge is -2.55. The Morgan fingerprint density at radius 1 is 1.23 bits per heavy atom. The molecule has 22 heavy (non-hydrogen) atoms. The van der Waals surface area contributed by atoms with Gasteiger partial charge in [0.25, 0.3) is 0 Å². The van der Waals surface area contributed by atoms with Gasteiger partial charge in [0, 0.05) is 42.9 Å². The van der Waals surface area contributed by atoms with E-state index in [9.17, 15) is 4.79 Å². The predicted molar refractivity (Wildman–Crippen MR) is 85.8 cm³/mol. The van der Waals surface area contributed by atoms with Crippen LogP contribution in [0.4, 0.5) is 0 Å². The third kappa shape index (κ3) is 1.98. The number of nitrogens with zero attached hydrogens (tertiary/aromatic N) is 2. The standard InChI is InChI=1S/C19H20N2O/c1-2-15-17(22)10-14-11-20-9-6-16(14)18(15)21-12-19(13-21)7-4-3-5-8-19/h1,6,9,11H,3-5,7-8,10,12-13H2. The van der Waals surface area contributed by atoms with Gasteiger partial charge in [0.15, 0.2) is 5.78 Å². The number of rotatable bonds is 1. The summed E-state index contributed by atoms with van der Waals surface area (Å²) in [4.78, 5) is 18.8. The zero-order valence-corrected chi connectivity index (χ0v) is 12.8. The number of carbonyl (C=O) groups excluding carboxylic acids is 1. The van der Waals surface area contributed by atoms with E-state index in [2.05, 4.69) is 15.8 Å². The molecule has 1 aromatic heterocycles. The van der Waals surface area contributed by atoms with E-state index in [1.54, 1.807) is 12.4 Å². The third-order valence-electron chi connectivity index (χ3n) is 5.45. The maximum Gasteiger partial charge on any atom is 0.177 e. The van der Waals surface area contributed by atoms with Gasteiger partial charge >= 0.3 is 0 Å². The van der Waals surface area contributed by atoms with Gasteiger partial charge in [-0.25, -0.2) is 0 Å². The number of allylic oxidation sites excluding steroid dienone is 1. The molecule has 3 heteroatoms. The van der Waals surface area contributed by atoms with Crippen molar-refractivity contribution < 1.29 is 4.79 Å². The van der Waals surface area contributed by atoms with Gasteiger partial charge in [-0.3, -0.25) is 9.78 Å². The van der Waals surface area contributed by atoms with Gasteiger partial charge in [-0.2, -0.15) is 0 Å². The summed E-state index contributed by atoms with van der Waals surface area (Å²) in [6, 6.07) is 2.00. The van der Waals surface area contributed by atoms with Crippen molar-refractivity contribution in [2.75, 3.05) is 13.1 Å². The summed E-state index contributed by atoms with van der Waals surface area (Å²) < 4.78 is 0. The normalized spacial score (nSPS) is 23.0. The first-order valence-corrected chi connectivity index (χ1v) is 8.15. The Kier molecular flexibility index (Phi) is 3.07. The van der Waals surface area contributed by atoms with Crippen LogP contribution in [0.15, 0.2) is 24.0 Å². The van der Waals surface area contributed by atoms with Crippen LogP contribution in [0.3, 0.4) is 0 Å². The molecule has 0 N–H and O–H groups in total. The molecule has 1 saturated carbocycles. The number of Topliss-reactive ketones (excluding diaryl/α,β-unsaturated/α-hetero) is 1. The lowest BCUT2D eigenvalue weighted by Crippen LogP contribution is -2.56. The van der Waals surface area contributed by atoms with Gasteiger partial charge in [-0.1, -0.05) is 25.2 Å². The summed E-state index contributed by atoms with van der Waals surface area (Å²) in [5, 5.41) is 0. The number of ketones is 1. The van der Waals surface area contributed by atoms with E-state index in [1.807, 2.05) is 6.07 Å². The maximum absolute atomic E-state index is 12.4. The highest BCUT2D eigenvalue weighted by Crippen LogP contribution is 2.48. The summed E-state index contributed by atoms with van der Waals surface area (Å²) in [5.41, 5.74) is 4.12. The SMILES string of the molecule is C#CC1=C(N2CC3(CCCCC3)C2)c2ccncc2CC1=O. The second kappa shape index (κ2) is 4.98. The van der Waals surface area contributed by atoms with E-state index in [4.69, 9.17) is 6.42 Å². The molecule has 112 valence electrons. The van der Waals surface area contributed by atoms with Gasteiger partial charge < -0.3 is 4.90 Å². The Hall–Kier alpha value is -2.08. The Balaban J connectivity index is 1.70. The zero-order valence-electron chi connectivity index (χ0n) is 12.8. The molecule has 1 spiro atoms. The van der Waals surface area contributed by atoms with Crippen molar-refractivity contribution in [2.24, 2.45) is 5.41 Å². The molecule has 0 aromatic carbocycles. The zero-order chi connectivity index (χ0) is 15.2. The highest BCUT2D eigenvalue weighted by atomic mass is 16.1. The molecule has 1 aliphatic heterocycles. The number of carbonyl (C=O) groups is 1. The van der Waals surface area contributed by atoms with Crippen LogP contribution in [0.1, 0.15) is 43.2 Å². The van der Waals surface area contributed by atoms with E-state index in [0.717, 1.165) is 29.9 Å². The first-order valence-electron chi connectivity index (χ1n) is 8.15. The molecule has 0 bridgehead atoms. The topological polar surface area (TPSA) is 33.2 Å². The predicted octanol–water partition coefficient (Wildman–Crippen LogP) is 2.82. The van der Waals surface area contributed by atoms with Crippen molar-refractivity contribution in [3.63, 3.8) is 0 Å². The highest BCUT2D eigenvalue weighted by molar-refractivity contribution is 6.10. The second-order valence-corrected chi connectivity index (χ2v) is 6.92. The average molecular weight is 292 g/mol. The lowest BCUT2D eigenvalue weighted by atomic mass is 9.68. The Bertz CT molecular complexity index is 696. The monoisotopic (exact) mass is 292 g/mol. The van der Waals surface area contributed by atoms with Crippen LogP contribution >= 0.6 is 0 Å². The van der Waals surface area contributed by atoms with Crippen LogP contribution in [-0.2, 0) is 11.2 Å². The maximum atomic E-state index is 12.4. The first kappa shape index (κ1) is 13.6. The van der Waals surface area contributed by atoms with Crippen LogP contribution in [0.5, 0.6) is 0 Å². The van der Waals surface area contributed by atoms with Gasteiger partial charge in [0.05, 0.1) is 11.3 Å². The molecule has 0 amide bonds. The van der Waals surface area contributed by atoms with E-state index in [1.165, 1.54) is 32.1 Å². The fourth-order valence-corrected chi connectivity index (χ4v) is 4.34. The number of aromatic nitrogens is 1. The Morgan fingerprint density at radius 3 is 2.73 bits per heavy atom. The summed E-state index contributed by atoms with van der Waals surface area (Å²) in [6.07, 6.45) is 16.3. The lowest BCUT2D eigenvalue weighted by molar-refractivity contribution is -0.114. The molecular formula is C19H20N2O. The van der Waals surface area contributed by atoms with Crippen molar-refractivity contribution in [2.45, 2.75) is 38.5 Å². The van der Waals surface area contributed by atoms with Gasteiger partial charge in [-0.15, -0.1) is 6.42 Å². The molecule has 2 fully saturated rings. The van der Waals surface area contributed by atoms with Gasteiger partial charge in [-0.05, 0) is 24.5 Å². The molecule has 1 saturated heterocycles. The van der Waals surface area contributed by atoms with Crippen LogP contribution < -0.4 is 0 Å².